The number of rotatable bonds is 5. The van der Waals surface area contributed by atoms with Gasteiger partial charge in [0.15, 0.2) is 11.5 Å². The summed E-state index contributed by atoms with van der Waals surface area (Å²) in [5.41, 5.74) is 2.69. The molecule has 0 saturated carbocycles. The van der Waals surface area contributed by atoms with Crippen LogP contribution in [0, 0.1) is 22.7 Å². The van der Waals surface area contributed by atoms with Gasteiger partial charge in [-0.1, -0.05) is 18.2 Å². The molecule has 114 valence electrons. The Balaban J connectivity index is 2.39. The summed E-state index contributed by atoms with van der Waals surface area (Å²) in [7, 11) is 1.59. The van der Waals surface area contributed by atoms with Crippen LogP contribution in [0.5, 0.6) is 11.5 Å². The van der Waals surface area contributed by atoms with Gasteiger partial charge in [-0.15, -0.1) is 0 Å². The lowest BCUT2D eigenvalue weighted by atomic mass is 10.0. The highest BCUT2D eigenvalue weighted by molar-refractivity contribution is 5.89. The van der Waals surface area contributed by atoms with Crippen molar-refractivity contribution in [3.63, 3.8) is 0 Å². The second-order valence-corrected chi connectivity index (χ2v) is 4.70. The zero-order chi connectivity index (χ0) is 16.7. The van der Waals surface area contributed by atoms with E-state index < -0.39 is 0 Å². The van der Waals surface area contributed by atoms with Crippen LogP contribution in [0.4, 0.5) is 0 Å². The van der Waals surface area contributed by atoms with Crippen LogP contribution in [-0.4, -0.2) is 13.7 Å². The van der Waals surface area contributed by atoms with Crippen molar-refractivity contribution in [1.82, 2.24) is 0 Å². The van der Waals surface area contributed by atoms with Crippen molar-refractivity contribution >= 4 is 11.6 Å². The number of hydrogen-bond donors (Lipinski definition) is 0. The first-order valence-electron chi connectivity index (χ1n) is 7.15. The molecular weight excluding hydrogens is 288 g/mol. The zero-order valence-corrected chi connectivity index (χ0v) is 13.0. The van der Waals surface area contributed by atoms with Gasteiger partial charge in [0.2, 0.25) is 0 Å². The van der Waals surface area contributed by atoms with Gasteiger partial charge in [0, 0.05) is 0 Å². The predicted molar refractivity (Wildman–Crippen MR) is 88.8 cm³/mol. The van der Waals surface area contributed by atoms with E-state index in [0.29, 0.717) is 29.2 Å². The molecule has 0 heterocycles. The molecular formula is C19H16N2O2. The SMILES string of the molecule is CCOc1cc(/C=C(/C#N)c2ccc(C#N)cc2)ccc1OC. The monoisotopic (exact) mass is 304 g/mol. The van der Waals surface area contributed by atoms with E-state index in [0.717, 1.165) is 11.1 Å². The summed E-state index contributed by atoms with van der Waals surface area (Å²) in [5, 5.41) is 18.2. The second-order valence-electron chi connectivity index (χ2n) is 4.70. The predicted octanol–water partition coefficient (Wildman–Crippen LogP) is 4.03. The number of methoxy groups -OCH3 is 1. The standard InChI is InChI=1S/C19H16N2O2/c1-3-23-19-11-15(6-9-18(19)22-2)10-17(13-21)16-7-4-14(12-20)5-8-16/h4-11H,3H2,1-2H3/b17-10-. The molecule has 0 bridgehead atoms. The lowest BCUT2D eigenvalue weighted by Crippen LogP contribution is -1.95. The Hall–Kier alpha value is -3.24. The lowest BCUT2D eigenvalue weighted by molar-refractivity contribution is 0.311. The van der Waals surface area contributed by atoms with Gasteiger partial charge in [-0.3, -0.25) is 0 Å². The van der Waals surface area contributed by atoms with Gasteiger partial charge >= 0.3 is 0 Å². The average molecular weight is 304 g/mol. The molecule has 0 aliphatic rings. The molecule has 0 fully saturated rings. The van der Waals surface area contributed by atoms with Crippen molar-refractivity contribution < 1.29 is 9.47 Å². The highest BCUT2D eigenvalue weighted by Crippen LogP contribution is 2.29. The van der Waals surface area contributed by atoms with Crippen LogP contribution in [0.1, 0.15) is 23.6 Å². The highest BCUT2D eigenvalue weighted by atomic mass is 16.5. The summed E-state index contributed by atoms with van der Waals surface area (Å²) in [5.74, 6) is 1.29. The quantitative estimate of drug-likeness (QED) is 0.618. The van der Waals surface area contributed by atoms with E-state index in [4.69, 9.17) is 14.7 Å². The van der Waals surface area contributed by atoms with E-state index >= 15 is 0 Å². The maximum absolute atomic E-state index is 9.40. The van der Waals surface area contributed by atoms with Crippen LogP contribution in [0.2, 0.25) is 0 Å². The summed E-state index contributed by atoms with van der Waals surface area (Å²) in [6.07, 6.45) is 1.78. The lowest BCUT2D eigenvalue weighted by Gasteiger charge is -2.10. The summed E-state index contributed by atoms with van der Waals surface area (Å²) in [4.78, 5) is 0. The van der Waals surface area contributed by atoms with Gasteiger partial charge in [-0.25, -0.2) is 0 Å². The molecule has 4 nitrogen and oxygen atoms in total. The number of nitriles is 2. The third-order valence-electron chi connectivity index (χ3n) is 3.24. The minimum Gasteiger partial charge on any atom is -0.493 e. The van der Waals surface area contributed by atoms with E-state index in [2.05, 4.69) is 12.1 Å². The summed E-state index contributed by atoms with van der Waals surface area (Å²) in [6.45, 7) is 2.43. The second kappa shape index (κ2) is 7.68. The van der Waals surface area contributed by atoms with Gasteiger partial charge in [0.05, 0.1) is 37.0 Å². The number of benzene rings is 2. The number of allylic oxidation sites excluding steroid dienone is 1. The minimum absolute atomic E-state index is 0.516. The van der Waals surface area contributed by atoms with Crippen molar-refractivity contribution in [2.45, 2.75) is 6.92 Å². The molecule has 2 aromatic rings. The molecule has 0 radical (unpaired) electrons. The first-order valence-corrected chi connectivity index (χ1v) is 7.15. The van der Waals surface area contributed by atoms with Crippen LogP contribution < -0.4 is 9.47 Å². The maximum Gasteiger partial charge on any atom is 0.161 e. The molecule has 0 spiro atoms. The zero-order valence-electron chi connectivity index (χ0n) is 13.0. The first-order chi connectivity index (χ1) is 11.2. The van der Waals surface area contributed by atoms with Gasteiger partial charge < -0.3 is 9.47 Å². The molecule has 0 aliphatic heterocycles. The Labute approximate surface area is 135 Å². The van der Waals surface area contributed by atoms with Crippen LogP contribution in [0.25, 0.3) is 11.6 Å². The fourth-order valence-corrected chi connectivity index (χ4v) is 2.12. The van der Waals surface area contributed by atoms with Gasteiger partial charge in [-0.05, 0) is 48.4 Å². The number of ether oxygens (including phenoxy) is 2. The third kappa shape index (κ3) is 3.90. The Morgan fingerprint density at radius 3 is 2.39 bits per heavy atom. The molecule has 0 N–H and O–H groups in total. The number of hydrogen-bond acceptors (Lipinski definition) is 4. The van der Waals surface area contributed by atoms with Gasteiger partial charge in [0.1, 0.15) is 0 Å². The fourth-order valence-electron chi connectivity index (χ4n) is 2.12. The first kappa shape index (κ1) is 16.1. The van der Waals surface area contributed by atoms with Crippen molar-refractivity contribution in [2.24, 2.45) is 0 Å². The Morgan fingerprint density at radius 1 is 1.09 bits per heavy atom. The average Bonchev–Trinajstić information content (AvgIpc) is 2.60. The Morgan fingerprint density at radius 2 is 1.83 bits per heavy atom. The van der Waals surface area contributed by atoms with Crippen LogP contribution in [-0.2, 0) is 0 Å². The number of nitrogens with zero attached hydrogens (tertiary/aromatic N) is 2. The normalized spacial score (nSPS) is 10.5. The maximum atomic E-state index is 9.40. The van der Waals surface area contributed by atoms with E-state index in [1.54, 1.807) is 37.5 Å². The van der Waals surface area contributed by atoms with Crippen LogP contribution in [0.15, 0.2) is 42.5 Å². The highest BCUT2D eigenvalue weighted by Gasteiger charge is 2.06. The molecule has 0 amide bonds. The van der Waals surface area contributed by atoms with E-state index in [1.807, 2.05) is 25.1 Å². The van der Waals surface area contributed by atoms with E-state index in [1.165, 1.54) is 0 Å². The largest absolute Gasteiger partial charge is 0.493 e. The fraction of sp³-hybridized carbons (Fsp3) is 0.158. The summed E-state index contributed by atoms with van der Waals surface area (Å²) < 4.78 is 10.8. The summed E-state index contributed by atoms with van der Waals surface area (Å²) >= 11 is 0. The van der Waals surface area contributed by atoms with Crippen molar-refractivity contribution in [1.29, 1.82) is 10.5 Å². The van der Waals surface area contributed by atoms with Gasteiger partial charge in [-0.2, -0.15) is 10.5 Å². The van der Waals surface area contributed by atoms with E-state index in [9.17, 15) is 5.26 Å². The molecule has 0 aromatic heterocycles. The molecule has 23 heavy (non-hydrogen) atoms. The molecule has 0 aliphatic carbocycles. The molecule has 0 unspecified atom stereocenters. The third-order valence-corrected chi connectivity index (χ3v) is 3.24. The molecule has 2 rings (SSSR count). The van der Waals surface area contributed by atoms with Crippen molar-refractivity contribution in [2.75, 3.05) is 13.7 Å². The Kier molecular flexibility index (Phi) is 5.39. The van der Waals surface area contributed by atoms with E-state index in [-0.39, 0.29) is 0 Å². The topological polar surface area (TPSA) is 66.0 Å². The van der Waals surface area contributed by atoms with Gasteiger partial charge in [0.25, 0.3) is 0 Å². The van der Waals surface area contributed by atoms with Crippen molar-refractivity contribution in [3.05, 3.63) is 59.2 Å². The molecule has 4 heteroatoms. The smallest absolute Gasteiger partial charge is 0.161 e. The molecule has 2 aromatic carbocycles. The van der Waals surface area contributed by atoms with Crippen molar-refractivity contribution in [3.8, 4) is 23.6 Å². The summed E-state index contributed by atoms with van der Waals surface area (Å²) in [6, 6.07) is 16.7. The minimum atomic E-state index is 0.516. The van der Waals surface area contributed by atoms with Crippen LogP contribution in [0.3, 0.4) is 0 Å². The van der Waals surface area contributed by atoms with Crippen LogP contribution >= 0.6 is 0 Å². The molecule has 0 saturated heterocycles. The Bertz CT molecular complexity index is 794. The molecule has 0 atom stereocenters.